The zero-order valence-corrected chi connectivity index (χ0v) is 10.3. The van der Waals surface area contributed by atoms with Crippen LogP contribution in [0.3, 0.4) is 0 Å². The first kappa shape index (κ1) is 13.5. The van der Waals surface area contributed by atoms with Gasteiger partial charge in [0.15, 0.2) is 0 Å². The van der Waals surface area contributed by atoms with Crippen LogP contribution in [-0.4, -0.2) is 36.9 Å². The van der Waals surface area contributed by atoms with Gasteiger partial charge in [-0.1, -0.05) is 0 Å². The van der Waals surface area contributed by atoms with Crippen LogP contribution in [0.15, 0.2) is 6.07 Å². The zero-order chi connectivity index (χ0) is 12.9. The van der Waals surface area contributed by atoms with E-state index in [9.17, 15) is 8.42 Å². The van der Waals surface area contributed by atoms with E-state index in [4.69, 9.17) is 11.6 Å². The van der Waals surface area contributed by atoms with E-state index in [2.05, 4.69) is 20.7 Å². The SMILES string of the molecule is CS(=O)(=O)CCCNc1cc(NN)nc(N)n1. The van der Waals surface area contributed by atoms with Gasteiger partial charge in [0.05, 0.1) is 5.75 Å². The summed E-state index contributed by atoms with van der Waals surface area (Å²) in [4.78, 5) is 7.74. The molecule has 0 bridgehead atoms. The lowest BCUT2D eigenvalue weighted by Gasteiger charge is -2.07. The molecule has 0 amide bonds. The first-order valence-electron chi connectivity index (χ1n) is 4.93. The Hall–Kier alpha value is -1.61. The third-order valence-electron chi connectivity index (χ3n) is 1.89. The molecule has 0 aliphatic rings. The van der Waals surface area contributed by atoms with Crippen molar-refractivity contribution in [1.82, 2.24) is 9.97 Å². The minimum absolute atomic E-state index is 0.0889. The van der Waals surface area contributed by atoms with Gasteiger partial charge in [-0.3, -0.25) is 0 Å². The number of anilines is 3. The second-order valence-electron chi connectivity index (χ2n) is 3.55. The predicted octanol–water partition coefficient (Wildman–Crippen LogP) is -0.809. The number of aromatic nitrogens is 2. The van der Waals surface area contributed by atoms with Gasteiger partial charge in [0.1, 0.15) is 21.5 Å². The van der Waals surface area contributed by atoms with E-state index >= 15 is 0 Å². The van der Waals surface area contributed by atoms with E-state index in [0.717, 1.165) is 0 Å². The summed E-state index contributed by atoms with van der Waals surface area (Å²) in [5, 5.41) is 2.94. The minimum atomic E-state index is -2.93. The van der Waals surface area contributed by atoms with Crippen LogP contribution in [0.1, 0.15) is 6.42 Å². The van der Waals surface area contributed by atoms with E-state index in [1.807, 2.05) is 0 Å². The average Bonchev–Trinajstić information content (AvgIpc) is 2.22. The molecule has 0 saturated carbocycles. The normalized spacial score (nSPS) is 11.2. The second-order valence-corrected chi connectivity index (χ2v) is 5.81. The molecule has 0 saturated heterocycles. The van der Waals surface area contributed by atoms with Gasteiger partial charge in [-0.05, 0) is 6.42 Å². The summed E-state index contributed by atoms with van der Waals surface area (Å²) in [6.45, 7) is 0.480. The van der Waals surface area contributed by atoms with E-state index in [1.165, 1.54) is 6.26 Å². The van der Waals surface area contributed by atoms with Gasteiger partial charge in [-0.2, -0.15) is 9.97 Å². The van der Waals surface area contributed by atoms with Gasteiger partial charge in [-0.15, -0.1) is 0 Å². The lowest BCUT2D eigenvalue weighted by atomic mass is 10.4. The van der Waals surface area contributed by atoms with E-state index < -0.39 is 9.84 Å². The van der Waals surface area contributed by atoms with Crippen LogP contribution in [0.4, 0.5) is 17.6 Å². The van der Waals surface area contributed by atoms with Crippen LogP contribution in [0.25, 0.3) is 0 Å². The Morgan fingerprint density at radius 2 is 2.00 bits per heavy atom. The van der Waals surface area contributed by atoms with Crippen molar-refractivity contribution in [2.75, 3.05) is 35.0 Å². The fourth-order valence-electron chi connectivity index (χ4n) is 1.18. The van der Waals surface area contributed by atoms with Gasteiger partial charge in [0.2, 0.25) is 5.95 Å². The Morgan fingerprint density at radius 3 is 2.59 bits per heavy atom. The zero-order valence-electron chi connectivity index (χ0n) is 9.47. The average molecular weight is 260 g/mol. The smallest absolute Gasteiger partial charge is 0.223 e. The lowest BCUT2D eigenvalue weighted by molar-refractivity contribution is 0.600. The molecule has 1 aromatic heterocycles. The molecule has 0 aromatic carbocycles. The molecule has 0 fully saturated rings. The highest BCUT2D eigenvalue weighted by Crippen LogP contribution is 2.11. The van der Waals surface area contributed by atoms with Crippen molar-refractivity contribution >= 4 is 27.4 Å². The Bertz CT molecular complexity index is 475. The van der Waals surface area contributed by atoms with Crippen LogP contribution in [-0.2, 0) is 9.84 Å². The van der Waals surface area contributed by atoms with Crippen molar-refractivity contribution in [3.05, 3.63) is 6.07 Å². The predicted molar refractivity (Wildman–Crippen MR) is 67.1 cm³/mol. The molecule has 0 spiro atoms. The van der Waals surface area contributed by atoms with Crippen LogP contribution in [0.5, 0.6) is 0 Å². The number of rotatable bonds is 6. The molecule has 0 unspecified atom stereocenters. The number of nitrogens with two attached hydrogens (primary N) is 2. The molecule has 96 valence electrons. The molecule has 1 rings (SSSR count). The fraction of sp³-hybridized carbons (Fsp3) is 0.500. The minimum Gasteiger partial charge on any atom is -0.370 e. The van der Waals surface area contributed by atoms with Crippen LogP contribution in [0, 0.1) is 0 Å². The Balaban J connectivity index is 2.49. The van der Waals surface area contributed by atoms with Crippen molar-refractivity contribution < 1.29 is 8.42 Å². The number of hydrogen-bond donors (Lipinski definition) is 4. The largest absolute Gasteiger partial charge is 0.370 e. The monoisotopic (exact) mass is 260 g/mol. The van der Waals surface area contributed by atoms with Gasteiger partial charge in [0, 0.05) is 18.9 Å². The molecule has 17 heavy (non-hydrogen) atoms. The fourth-order valence-corrected chi connectivity index (χ4v) is 1.85. The highest BCUT2D eigenvalue weighted by molar-refractivity contribution is 7.90. The van der Waals surface area contributed by atoms with Gasteiger partial charge >= 0.3 is 0 Å². The first-order chi connectivity index (χ1) is 7.90. The molecular formula is C8H16N6O2S. The lowest BCUT2D eigenvalue weighted by Crippen LogP contribution is -2.13. The number of sulfone groups is 1. The van der Waals surface area contributed by atoms with Gasteiger partial charge in [-0.25, -0.2) is 14.3 Å². The highest BCUT2D eigenvalue weighted by atomic mass is 32.2. The Kier molecular flexibility index (Phi) is 4.46. The van der Waals surface area contributed by atoms with Gasteiger partial charge < -0.3 is 16.5 Å². The number of nitrogen functional groups attached to an aromatic ring is 2. The maximum absolute atomic E-state index is 10.9. The van der Waals surface area contributed by atoms with E-state index in [1.54, 1.807) is 6.07 Å². The standard InChI is InChI=1S/C8H16N6O2S/c1-17(15,16)4-2-3-11-6-5-7(14-10)13-8(9)12-6/h5H,2-4,10H2,1H3,(H4,9,11,12,13,14). The molecule has 9 heteroatoms. The van der Waals surface area contributed by atoms with Crippen molar-refractivity contribution in [3.8, 4) is 0 Å². The summed E-state index contributed by atoms with van der Waals surface area (Å²) in [6, 6.07) is 1.58. The summed E-state index contributed by atoms with van der Waals surface area (Å²) in [6.07, 6.45) is 1.69. The maximum atomic E-state index is 10.9. The van der Waals surface area contributed by atoms with Crippen molar-refractivity contribution in [2.24, 2.45) is 5.84 Å². The molecule has 0 aliphatic heterocycles. The second kappa shape index (κ2) is 5.64. The topological polar surface area (TPSA) is 136 Å². The molecule has 8 nitrogen and oxygen atoms in total. The molecule has 0 aliphatic carbocycles. The summed E-state index contributed by atoms with van der Waals surface area (Å²) < 4.78 is 21.8. The van der Waals surface area contributed by atoms with Crippen LogP contribution in [0.2, 0.25) is 0 Å². The number of nitrogens with zero attached hydrogens (tertiary/aromatic N) is 2. The Labute approximate surface area is 99.7 Å². The molecular weight excluding hydrogens is 244 g/mol. The molecule has 1 heterocycles. The maximum Gasteiger partial charge on any atom is 0.223 e. The van der Waals surface area contributed by atoms with Crippen molar-refractivity contribution in [2.45, 2.75) is 6.42 Å². The van der Waals surface area contributed by atoms with Gasteiger partial charge in [0.25, 0.3) is 0 Å². The third-order valence-corrected chi connectivity index (χ3v) is 2.92. The molecule has 1 aromatic rings. The summed E-state index contributed by atoms with van der Waals surface area (Å²) in [7, 11) is -2.93. The number of hydrogen-bond acceptors (Lipinski definition) is 8. The highest BCUT2D eigenvalue weighted by Gasteiger charge is 2.03. The van der Waals surface area contributed by atoms with E-state index in [0.29, 0.717) is 24.6 Å². The van der Waals surface area contributed by atoms with E-state index in [-0.39, 0.29) is 11.7 Å². The van der Waals surface area contributed by atoms with Crippen molar-refractivity contribution in [1.29, 1.82) is 0 Å². The summed E-state index contributed by atoms with van der Waals surface area (Å²) >= 11 is 0. The van der Waals surface area contributed by atoms with Crippen molar-refractivity contribution in [3.63, 3.8) is 0 Å². The Morgan fingerprint density at radius 1 is 1.35 bits per heavy atom. The number of nitrogens with one attached hydrogen (secondary N) is 2. The third kappa shape index (κ3) is 5.31. The van der Waals surface area contributed by atoms with Crippen LogP contribution >= 0.6 is 0 Å². The molecule has 0 atom stereocenters. The first-order valence-corrected chi connectivity index (χ1v) is 6.99. The summed E-state index contributed by atoms with van der Waals surface area (Å²) in [5.74, 6) is 6.30. The molecule has 6 N–H and O–H groups in total. The molecule has 0 radical (unpaired) electrons. The summed E-state index contributed by atoms with van der Waals surface area (Å²) in [5.41, 5.74) is 7.81. The van der Waals surface area contributed by atoms with Crippen LogP contribution < -0.4 is 22.3 Å². The number of hydrazine groups is 1. The quantitative estimate of drug-likeness (QED) is 0.296.